The van der Waals surface area contributed by atoms with Crippen molar-refractivity contribution in [3.8, 4) is 17.7 Å². The molecule has 0 spiro atoms. The summed E-state index contributed by atoms with van der Waals surface area (Å²) in [4.78, 5) is 16.0. The molecule has 1 aromatic carbocycles. The molecule has 0 saturated heterocycles. The molecule has 29 heavy (non-hydrogen) atoms. The minimum atomic E-state index is -3.10. The lowest BCUT2D eigenvalue weighted by Gasteiger charge is -2.11. The number of rotatable bonds is 5. The van der Waals surface area contributed by atoms with Crippen LogP contribution >= 0.6 is 23.2 Å². The van der Waals surface area contributed by atoms with Gasteiger partial charge in [0.25, 0.3) is 5.88 Å². The number of hydrogen-bond donors (Lipinski definition) is 1. The van der Waals surface area contributed by atoms with E-state index in [-0.39, 0.29) is 38.0 Å². The number of aromatic nitrogens is 1. The third kappa shape index (κ3) is 4.50. The fourth-order valence-electron chi connectivity index (χ4n) is 2.44. The van der Waals surface area contributed by atoms with Crippen LogP contribution in [0.3, 0.4) is 0 Å². The van der Waals surface area contributed by atoms with Gasteiger partial charge in [-0.15, -0.1) is 0 Å². The van der Waals surface area contributed by atoms with Crippen LogP contribution in [-0.4, -0.2) is 17.7 Å². The summed E-state index contributed by atoms with van der Waals surface area (Å²) in [5.41, 5.74) is 0.174. The van der Waals surface area contributed by atoms with E-state index in [0.717, 1.165) is 6.20 Å². The van der Waals surface area contributed by atoms with Crippen molar-refractivity contribution < 1.29 is 27.5 Å². The Balaban J connectivity index is 1.89. The highest BCUT2D eigenvalue weighted by Gasteiger charge is 2.20. The summed E-state index contributed by atoms with van der Waals surface area (Å²) < 4.78 is 40.2. The van der Waals surface area contributed by atoms with E-state index in [2.05, 4.69) is 15.0 Å². The van der Waals surface area contributed by atoms with Crippen LogP contribution in [0, 0.1) is 11.3 Å². The zero-order chi connectivity index (χ0) is 21.1. The van der Waals surface area contributed by atoms with Gasteiger partial charge in [0.05, 0.1) is 38.9 Å². The number of fused-ring (bicyclic) bond motifs is 1. The number of carbonyl (C=O) groups is 1. The average Bonchev–Trinajstić information content (AvgIpc) is 3.11. The Bertz CT molecular complexity index is 1110. The minimum Gasteiger partial charge on any atom is -0.455 e. The van der Waals surface area contributed by atoms with Crippen LogP contribution in [0.15, 0.2) is 28.8 Å². The Kier molecular flexibility index (Phi) is 6.06. The topological polar surface area (TPSA) is 97.4 Å². The van der Waals surface area contributed by atoms with Crippen molar-refractivity contribution in [2.75, 3.05) is 5.32 Å². The van der Waals surface area contributed by atoms with Crippen LogP contribution in [0.4, 0.5) is 19.3 Å². The molecule has 0 radical (unpaired) electrons. The quantitative estimate of drug-likeness (QED) is 0.538. The highest BCUT2D eigenvalue weighted by molar-refractivity contribution is 6.39. The molecule has 150 valence electrons. The van der Waals surface area contributed by atoms with Crippen molar-refractivity contribution >= 4 is 46.0 Å². The predicted octanol–water partition coefficient (Wildman–Crippen LogP) is 5.78. The van der Waals surface area contributed by atoms with Gasteiger partial charge in [-0.25, -0.2) is 9.78 Å². The number of anilines is 1. The Hall–Kier alpha value is -3.09. The molecule has 0 atom stereocenters. The van der Waals surface area contributed by atoms with E-state index < -0.39 is 18.6 Å². The van der Waals surface area contributed by atoms with Crippen molar-refractivity contribution in [3.63, 3.8) is 0 Å². The first kappa shape index (κ1) is 20.6. The van der Waals surface area contributed by atoms with E-state index in [0.29, 0.717) is 12.2 Å². The highest BCUT2D eigenvalue weighted by Crippen LogP contribution is 2.36. The molecule has 0 unspecified atom stereocenters. The average molecular weight is 442 g/mol. The van der Waals surface area contributed by atoms with Crippen molar-refractivity contribution in [1.29, 1.82) is 5.26 Å². The molecule has 0 aliphatic rings. The first-order valence-corrected chi connectivity index (χ1v) is 8.82. The molecule has 0 fully saturated rings. The summed E-state index contributed by atoms with van der Waals surface area (Å²) in [5, 5.41) is 11.6. The Morgan fingerprint density at radius 3 is 2.62 bits per heavy atom. The number of nitrogens with one attached hydrogen (secondary N) is 1. The molecule has 0 saturated carbocycles. The van der Waals surface area contributed by atoms with E-state index in [1.807, 2.05) is 6.07 Å². The normalized spacial score (nSPS) is 10.8. The number of benzene rings is 1. The molecular weight excluding hydrogens is 431 g/mol. The number of nitrogens with zero attached hydrogens (tertiary/aromatic N) is 2. The van der Waals surface area contributed by atoms with Crippen LogP contribution < -0.4 is 14.8 Å². The van der Waals surface area contributed by atoms with E-state index in [1.165, 1.54) is 18.2 Å². The maximum atomic E-state index is 12.6. The number of furan rings is 1. The summed E-state index contributed by atoms with van der Waals surface area (Å²) in [6.07, 6.45) is 0.546. The summed E-state index contributed by atoms with van der Waals surface area (Å²) >= 11 is 12.1. The molecule has 0 aliphatic carbocycles. The molecule has 2 aromatic heterocycles. The first-order valence-electron chi connectivity index (χ1n) is 8.06. The van der Waals surface area contributed by atoms with Gasteiger partial charge in [-0.05, 0) is 18.2 Å². The number of alkyl halides is 2. The smallest absolute Gasteiger partial charge is 0.417 e. The molecule has 3 aromatic rings. The summed E-state index contributed by atoms with van der Waals surface area (Å²) in [6.45, 7) is -1.31. The number of hydrogen-bond acceptors (Lipinski definition) is 6. The van der Waals surface area contributed by atoms with Crippen LogP contribution in [0.2, 0.25) is 10.0 Å². The largest absolute Gasteiger partial charge is 0.455 e. The molecule has 0 bridgehead atoms. The third-order valence-corrected chi connectivity index (χ3v) is 4.29. The zero-order valence-corrected chi connectivity index (χ0v) is 16.1. The Labute approximate surface area is 172 Å². The highest BCUT2D eigenvalue weighted by atomic mass is 35.5. The van der Waals surface area contributed by atoms with Crippen LogP contribution in [0.25, 0.3) is 11.0 Å². The van der Waals surface area contributed by atoms with E-state index in [4.69, 9.17) is 37.6 Å². The van der Waals surface area contributed by atoms with Gasteiger partial charge in [0.1, 0.15) is 5.76 Å². The standard InChI is InChI=1S/C18H11Cl2F2N3O4/c1-2-9-5-10-13(7-24-16(15(10)27-9)29-17(21)22)28-18(26)25-14-11(19)3-8(6-23)4-12(14)20/h3-5,7,17H,2H2,1H3,(H,25,26). The number of nitriles is 1. The summed E-state index contributed by atoms with van der Waals surface area (Å²) in [6, 6.07) is 6.05. The maximum absolute atomic E-state index is 12.6. The molecule has 2 heterocycles. The number of ether oxygens (including phenoxy) is 2. The number of halogens is 4. The van der Waals surface area contributed by atoms with E-state index >= 15 is 0 Å². The van der Waals surface area contributed by atoms with Gasteiger partial charge in [0, 0.05) is 6.42 Å². The molecule has 3 rings (SSSR count). The second-order valence-electron chi connectivity index (χ2n) is 5.56. The number of carbonyl (C=O) groups excluding carboxylic acids is 1. The third-order valence-electron chi connectivity index (χ3n) is 3.69. The predicted molar refractivity (Wildman–Crippen MR) is 101 cm³/mol. The van der Waals surface area contributed by atoms with Crippen molar-refractivity contribution in [2.45, 2.75) is 20.0 Å². The molecule has 1 N–H and O–H groups in total. The van der Waals surface area contributed by atoms with Gasteiger partial charge in [-0.1, -0.05) is 30.1 Å². The SMILES string of the molecule is CCc1cc2c(OC(=O)Nc3c(Cl)cc(C#N)cc3Cl)cnc(OC(F)F)c2o1. The lowest BCUT2D eigenvalue weighted by molar-refractivity contribution is -0.0524. The molecule has 1 amide bonds. The lowest BCUT2D eigenvalue weighted by atomic mass is 10.2. The van der Waals surface area contributed by atoms with Gasteiger partial charge in [-0.3, -0.25) is 5.32 Å². The second kappa shape index (κ2) is 8.51. The monoisotopic (exact) mass is 441 g/mol. The first-order chi connectivity index (χ1) is 13.8. The molecule has 11 heteroatoms. The van der Waals surface area contributed by atoms with Gasteiger partial charge in [0.2, 0.25) is 0 Å². The number of aryl methyl sites for hydroxylation is 1. The van der Waals surface area contributed by atoms with E-state index in [9.17, 15) is 13.6 Å². The van der Waals surface area contributed by atoms with Crippen molar-refractivity contribution in [1.82, 2.24) is 4.98 Å². The van der Waals surface area contributed by atoms with Gasteiger partial charge in [0.15, 0.2) is 11.3 Å². The van der Waals surface area contributed by atoms with Gasteiger partial charge >= 0.3 is 12.7 Å². The molecular formula is C18H11Cl2F2N3O4. The van der Waals surface area contributed by atoms with Crippen LogP contribution in [0.5, 0.6) is 11.6 Å². The summed E-state index contributed by atoms with van der Waals surface area (Å²) in [5.74, 6) is -0.0281. The fourth-order valence-corrected chi connectivity index (χ4v) is 3.02. The zero-order valence-electron chi connectivity index (χ0n) is 14.6. The van der Waals surface area contributed by atoms with Gasteiger partial charge < -0.3 is 13.9 Å². The van der Waals surface area contributed by atoms with E-state index in [1.54, 1.807) is 6.92 Å². The minimum absolute atomic E-state index is 0.0338. The van der Waals surface area contributed by atoms with Crippen LogP contribution in [-0.2, 0) is 6.42 Å². The Morgan fingerprint density at radius 2 is 2.03 bits per heavy atom. The Morgan fingerprint density at radius 1 is 1.34 bits per heavy atom. The maximum Gasteiger partial charge on any atom is 0.417 e. The van der Waals surface area contributed by atoms with Gasteiger partial charge in [-0.2, -0.15) is 14.0 Å². The second-order valence-corrected chi connectivity index (χ2v) is 6.37. The molecule has 0 aliphatic heterocycles. The number of amides is 1. The molecule has 7 nitrogen and oxygen atoms in total. The lowest BCUT2D eigenvalue weighted by Crippen LogP contribution is -2.17. The summed E-state index contributed by atoms with van der Waals surface area (Å²) in [7, 11) is 0. The van der Waals surface area contributed by atoms with Crippen molar-refractivity contribution in [3.05, 3.63) is 45.8 Å². The number of pyridine rings is 1. The van der Waals surface area contributed by atoms with Crippen LogP contribution in [0.1, 0.15) is 18.2 Å². The fraction of sp³-hybridized carbons (Fsp3) is 0.167. The van der Waals surface area contributed by atoms with Crippen molar-refractivity contribution in [2.24, 2.45) is 0 Å².